The number of likely N-dealkylation sites (tertiary alicyclic amines) is 1. The fourth-order valence-corrected chi connectivity index (χ4v) is 4.04. The fourth-order valence-electron chi connectivity index (χ4n) is 4.04. The standard InChI is InChI=1S/C22H23NO3/c1-2-7-21(24)20-12-13-23(20)22(25)26-14-19-17-10-5-3-8-15(17)16-9-4-6-11-18(16)19/h2-6,8-11,19-21,24H,1,7,12-14H2. The highest BCUT2D eigenvalue weighted by Crippen LogP contribution is 2.44. The highest BCUT2D eigenvalue weighted by molar-refractivity contribution is 5.79. The molecule has 2 unspecified atom stereocenters. The second-order valence-corrected chi connectivity index (χ2v) is 6.95. The van der Waals surface area contributed by atoms with E-state index < -0.39 is 6.10 Å². The molecular formula is C22H23NO3. The normalized spacial score (nSPS) is 19.3. The van der Waals surface area contributed by atoms with Crippen LogP contribution in [0.5, 0.6) is 0 Å². The summed E-state index contributed by atoms with van der Waals surface area (Å²) in [6.07, 6.45) is 2.06. The Kier molecular flexibility index (Phi) is 4.51. The van der Waals surface area contributed by atoms with E-state index in [4.69, 9.17) is 4.74 Å². The molecule has 1 amide bonds. The van der Waals surface area contributed by atoms with Crippen molar-refractivity contribution in [2.75, 3.05) is 13.2 Å². The molecule has 0 radical (unpaired) electrons. The van der Waals surface area contributed by atoms with Gasteiger partial charge in [-0.05, 0) is 35.1 Å². The van der Waals surface area contributed by atoms with Crippen molar-refractivity contribution >= 4 is 6.09 Å². The lowest BCUT2D eigenvalue weighted by atomic mass is 9.96. The summed E-state index contributed by atoms with van der Waals surface area (Å²) in [7, 11) is 0. The third kappa shape index (κ3) is 2.80. The summed E-state index contributed by atoms with van der Waals surface area (Å²) in [6.45, 7) is 4.60. The van der Waals surface area contributed by atoms with Gasteiger partial charge in [0.2, 0.25) is 0 Å². The van der Waals surface area contributed by atoms with Crippen LogP contribution >= 0.6 is 0 Å². The first-order chi connectivity index (χ1) is 12.7. The van der Waals surface area contributed by atoms with Gasteiger partial charge in [0.1, 0.15) is 6.61 Å². The molecule has 4 nitrogen and oxygen atoms in total. The average molecular weight is 349 g/mol. The van der Waals surface area contributed by atoms with Crippen LogP contribution in [0.4, 0.5) is 4.79 Å². The van der Waals surface area contributed by atoms with E-state index >= 15 is 0 Å². The van der Waals surface area contributed by atoms with Crippen LogP contribution in [-0.4, -0.2) is 41.4 Å². The first kappa shape index (κ1) is 16.9. The number of hydrogen-bond acceptors (Lipinski definition) is 3. The molecule has 1 aliphatic carbocycles. The molecule has 2 aromatic carbocycles. The summed E-state index contributed by atoms with van der Waals surface area (Å²) >= 11 is 0. The zero-order chi connectivity index (χ0) is 18.1. The van der Waals surface area contributed by atoms with Crippen LogP contribution < -0.4 is 0 Å². The molecule has 134 valence electrons. The highest BCUT2D eigenvalue weighted by Gasteiger charge is 2.38. The molecule has 26 heavy (non-hydrogen) atoms. The van der Waals surface area contributed by atoms with E-state index in [1.54, 1.807) is 11.0 Å². The Morgan fingerprint density at radius 1 is 1.19 bits per heavy atom. The van der Waals surface area contributed by atoms with Gasteiger partial charge in [0, 0.05) is 12.5 Å². The molecule has 2 atom stereocenters. The number of benzene rings is 2. The van der Waals surface area contributed by atoms with Gasteiger partial charge in [-0.3, -0.25) is 0 Å². The van der Waals surface area contributed by atoms with Crippen molar-refractivity contribution in [2.24, 2.45) is 0 Å². The summed E-state index contributed by atoms with van der Waals surface area (Å²) in [5, 5.41) is 10.1. The fraction of sp³-hybridized carbons (Fsp3) is 0.318. The van der Waals surface area contributed by atoms with Gasteiger partial charge in [0.05, 0.1) is 12.1 Å². The van der Waals surface area contributed by atoms with Crippen LogP contribution in [0.2, 0.25) is 0 Å². The van der Waals surface area contributed by atoms with Crippen molar-refractivity contribution in [3.63, 3.8) is 0 Å². The minimum atomic E-state index is -0.568. The third-order valence-electron chi connectivity index (χ3n) is 5.49. The zero-order valence-corrected chi connectivity index (χ0v) is 14.7. The lowest BCUT2D eigenvalue weighted by Crippen LogP contribution is -2.56. The van der Waals surface area contributed by atoms with Gasteiger partial charge in [0.15, 0.2) is 0 Å². The predicted molar refractivity (Wildman–Crippen MR) is 101 cm³/mol. The molecule has 1 heterocycles. The number of aliphatic hydroxyl groups excluding tert-OH is 1. The van der Waals surface area contributed by atoms with Crippen molar-refractivity contribution in [2.45, 2.75) is 30.9 Å². The van der Waals surface area contributed by atoms with Gasteiger partial charge in [-0.25, -0.2) is 4.79 Å². The number of carbonyl (C=O) groups excluding carboxylic acids is 1. The van der Waals surface area contributed by atoms with Gasteiger partial charge in [-0.15, -0.1) is 6.58 Å². The largest absolute Gasteiger partial charge is 0.448 e. The maximum Gasteiger partial charge on any atom is 0.410 e. The van der Waals surface area contributed by atoms with Gasteiger partial charge in [-0.1, -0.05) is 54.6 Å². The van der Waals surface area contributed by atoms with Crippen LogP contribution in [0.15, 0.2) is 61.2 Å². The molecule has 1 fully saturated rings. The first-order valence-electron chi connectivity index (χ1n) is 9.11. The van der Waals surface area contributed by atoms with Crippen LogP contribution in [-0.2, 0) is 4.74 Å². The quantitative estimate of drug-likeness (QED) is 0.832. The predicted octanol–water partition coefficient (Wildman–Crippen LogP) is 3.95. The Balaban J connectivity index is 1.47. The molecule has 0 saturated carbocycles. The minimum Gasteiger partial charge on any atom is -0.448 e. The third-order valence-corrected chi connectivity index (χ3v) is 5.49. The number of fused-ring (bicyclic) bond motifs is 3. The molecular weight excluding hydrogens is 326 g/mol. The van der Waals surface area contributed by atoms with E-state index in [1.807, 2.05) is 24.3 Å². The van der Waals surface area contributed by atoms with Crippen LogP contribution in [0, 0.1) is 0 Å². The molecule has 1 N–H and O–H groups in total. The molecule has 0 aromatic heterocycles. The summed E-state index contributed by atoms with van der Waals surface area (Å²) in [4.78, 5) is 14.1. The number of ether oxygens (including phenoxy) is 1. The molecule has 1 saturated heterocycles. The molecule has 2 aromatic rings. The minimum absolute atomic E-state index is 0.0594. The van der Waals surface area contributed by atoms with Gasteiger partial charge < -0.3 is 14.7 Å². The van der Waals surface area contributed by atoms with Crippen molar-refractivity contribution in [1.29, 1.82) is 0 Å². The number of nitrogens with zero attached hydrogens (tertiary/aromatic N) is 1. The van der Waals surface area contributed by atoms with E-state index in [0.29, 0.717) is 19.6 Å². The Bertz CT molecular complexity index is 786. The lowest BCUT2D eigenvalue weighted by Gasteiger charge is -2.42. The molecule has 2 aliphatic rings. The smallest absolute Gasteiger partial charge is 0.410 e. The molecule has 0 bridgehead atoms. The topological polar surface area (TPSA) is 49.8 Å². The van der Waals surface area contributed by atoms with Crippen LogP contribution in [0.25, 0.3) is 11.1 Å². The first-order valence-corrected chi connectivity index (χ1v) is 9.11. The maximum absolute atomic E-state index is 12.5. The van der Waals surface area contributed by atoms with Gasteiger partial charge in [0.25, 0.3) is 0 Å². The van der Waals surface area contributed by atoms with E-state index in [9.17, 15) is 9.90 Å². The Morgan fingerprint density at radius 3 is 2.35 bits per heavy atom. The van der Waals surface area contributed by atoms with E-state index in [1.165, 1.54) is 22.3 Å². The Morgan fingerprint density at radius 2 is 1.81 bits per heavy atom. The number of rotatable bonds is 5. The molecule has 4 heteroatoms. The Hall–Kier alpha value is -2.59. The van der Waals surface area contributed by atoms with Crippen molar-refractivity contribution < 1.29 is 14.6 Å². The summed E-state index contributed by atoms with van der Waals surface area (Å²) in [5.74, 6) is 0.0594. The molecule has 1 aliphatic heterocycles. The van der Waals surface area contributed by atoms with E-state index in [0.717, 1.165) is 6.42 Å². The Labute approximate surface area is 153 Å². The van der Waals surface area contributed by atoms with Gasteiger partial charge in [-0.2, -0.15) is 0 Å². The lowest BCUT2D eigenvalue weighted by molar-refractivity contribution is -0.0140. The number of aliphatic hydroxyl groups is 1. The monoisotopic (exact) mass is 349 g/mol. The maximum atomic E-state index is 12.5. The summed E-state index contributed by atoms with van der Waals surface area (Å²) in [5.41, 5.74) is 4.83. The number of hydrogen-bond donors (Lipinski definition) is 1. The summed E-state index contributed by atoms with van der Waals surface area (Å²) < 4.78 is 5.65. The van der Waals surface area contributed by atoms with Crippen LogP contribution in [0.3, 0.4) is 0 Å². The molecule has 4 rings (SSSR count). The molecule has 0 spiro atoms. The van der Waals surface area contributed by atoms with Crippen molar-refractivity contribution in [3.05, 3.63) is 72.3 Å². The second kappa shape index (κ2) is 6.96. The van der Waals surface area contributed by atoms with Crippen molar-refractivity contribution in [3.8, 4) is 11.1 Å². The van der Waals surface area contributed by atoms with Gasteiger partial charge >= 0.3 is 6.09 Å². The highest BCUT2D eigenvalue weighted by atomic mass is 16.6. The summed E-state index contributed by atoms with van der Waals surface area (Å²) in [6, 6.07) is 16.4. The zero-order valence-electron chi connectivity index (χ0n) is 14.7. The number of amides is 1. The SMILES string of the molecule is C=CCC(O)C1CCN1C(=O)OCC1c2ccccc2-c2ccccc21. The number of carbonyl (C=O) groups is 1. The van der Waals surface area contributed by atoms with E-state index in [-0.39, 0.29) is 18.1 Å². The van der Waals surface area contributed by atoms with Crippen LogP contribution in [0.1, 0.15) is 29.9 Å². The van der Waals surface area contributed by atoms with Crippen molar-refractivity contribution in [1.82, 2.24) is 4.90 Å². The average Bonchev–Trinajstić information content (AvgIpc) is 2.93. The second-order valence-electron chi connectivity index (χ2n) is 6.95. The van der Waals surface area contributed by atoms with E-state index in [2.05, 4.69) is 30.8 Å².